The molecular weight excluding hydrogens is 1070 g/mol. The number of fused-ring (bicyclic) bond motifs is 7. The maximum Gasteiger partial charge on any atom is 0.0619 e. The molecule has 14 aromatic rings. The molecule has 2 aliphatic carbocycles. The van der Waals surface area contributed by atoms with Crippen LogP contribution in [-0.2, 0) is 10.8 Å². The van der Waals surface area contributed by atoms with E-state index >= 15 is 0 Å². The summed E-state index contributed by atoms with van der Waals surface area (Å²) in [5.41, 5.74) is 31.0. The number of aromatic nitrogens is 1. The highest BCUT2D eigenvalue weighted by atomic mass is 15.2. The number of nitrogens with zero attached hydrogens (tertiary/aromatic N) is 3. The van der Waals surface area contributed by atoms with Gasteiger partial charge in [-0.05, 0) is 198 Å². The molecule has 0 saturated heterocycles. The molecule has 3 heteroatoms. The summed E-state index contributed by atoms with van der Waals surface area (Å²) < 4.78 is 2.52. The van der Waals surface area contributed by atoms with E-state index in [-0.39, 0.29) is 10.8 Å². The Morgan fingerprint density at radius 1 is 0.247 bits per heavy atom. The molecular formula is C86H65N3. The fraction of sp³-hybridized carbons (Fsp3) is 0.0698. The minimum atomic E-state index is -0.279. The van der Waals surface area contributed by atoms with Gasteiger partial charge < -0.3 is 14.4 Å². The van der Waals surface area contributed by atoms with Gasteiger partial charge in [0.15, 0.2) is 0 Å². The number of anilines is 6. The molecule has 0 atom stereocenters. The van der Waals surface area contributed by atoms with E-state index in [9.17, 15) is 0 Å². The number of para-hydroxylation sites is 2. The van der Waals surface area contributed by atoms with Gasteiger partial charge in [-0.25, -0.2) is 0 Å². The van der Waals surface area contributed by atoms with Crippen molar-refractivity contribution < 1.29 is 0 Å². The van der Waals surface area contributed by atoms with Crippen molar-refractivity contribution in [2.75, 3.05) is 9.80 Å². The van der Waals surface area contributed by atoms with E-state index < -0.39 is 0 Å². The van der Waals surface area contributed by atoms with E-state index in [1.54, 1.807) is 0 Å². The Hall–Kier alpha value is -11.0. The summed E-state index contributed by atoms with van der Waals surface area (Å²) in [6.45, 7) is 9.66. The quantitative estimate of drug-likeness (QED) is 0.121. The van der Waals surface area contributed by atoms with Crippen LogP contribution in [0.15, 0.2) is 322 Å². The molecule has 0 spiro atoms. The first-order valence-corrected chi connectivity index (χ1v) is 31.1. The maximum absolute atomic E-state index is 2.52. The summed E-state index contributed by atoms with van der Waals surface area (Å²) in [6.07, 6.45) is 0. The summed E-state index contributed by atoms with van der Waals surface area (Å²) in [4.78, 5) is 4.74. The predicted octanol–water partition coefficient (Wildman–Crippen LogP) is 23.5. The van der Waals surface area contributed by atoms with Crippen LogP contribution in [0.2, 0.25) is 0 Å². The lowest BCUT2D eigenvalue weighted by Crippen LogP contribution is -2.17. The zero-order chi connectivity index (χ0) is 59.8. The molecule has 0 fully saturated rings. The molecule has 3 nitrogen and oxygen atoms in total. The minimum absolute atomic E-state index is 0.277. The van der Waals surface area contributed by atoms with Gasteiger partial charge in [0.2, 0.25) is 0 Å². The second-order valence-corrected chi connectivity index (χ2v) is 24.9. The van der Waals surface area contributed by atoms with Crippen LogP contribution < -0.4 is 9.80 Å². The highest BCUT2D eigenvalue weighted by Gasteiger charge is 2.39. The van der Waals surface area contributed by atoms with E-state index in [1.165, 1.54) is 111 Å². The monoisotopic (exact) mass is 1140 g/mol. The molecule has 0 N–H and O–H groups in total. The van der Waals surface area contributed by atoms with Crippen molar-refractivity contribution in [1.29, 1.82) is 0 Å². The van der Waals surface area contributed by atoms with Crippen molar-refractivity contribution in [1.82, 2.24) is 4.57 Å². The second kappa shape index (κ2) is 21.4. The Kier molecular flexibility index (Phi) is 12.9. The SMILES string of the molecule is CC1(C)c2cc(-c3ccc4c(c3)C(C)(C)c3cc5c(cc3-4)c(-c3ccccc3)c(-c3ccccc3)n5-c3ccc(-c4ccccc4)cc3)ccc2-c2ccc(N(c3ccc(-c4ccccc4)cc3)c3ccc(N(c4ccccc4)c4ccccc4)cc3)cc21. The fourth-order valence-corrected chi connectivity index (χ4v) is 14.4. The van der Waals surface area contributed by atoms with Gasteiger partial charge in [0, 0.05) is 61.6 Å². The Labute approximate surface area is 522 Å². The standard InChI is InChI=1S/C86H65N3/c1-85(2)78-53-64(39-50-73(78)74-52-49-72(55-80(74)85)88(68-41-35-60(36-42-68)58-23-11-5-12-24-58)70-47-45-69(46-48-70)87(66-31-19-9-20-32-66)67-33-21-10-22-34-67)65-40-51-75-76-56-77-82(57-81(76)86(3,4)79(75)54-65)89(71-43-37-61(38-44-71)59-25-13-6-14-26-59)84(63-29-17-8-18-30-63)83(77)62-27-15-7-16-28-62/h5-57H,1-4H3. The van der Waals surface area contributed by atoms with Gasteiger partial charge in [0.25, 0.3) is 0 Å². The summed E-state index contributed by atoms with van der Waals surface area (Å²) in [5, 5.41) is 1.24. The lowest BCUT2D eigenvalue weighted by atomic mass is 9.80. The van der Waals surface area contributed by atoms with Crippen LogP contribution in [0.1, 0.15) is 49.9 Å². The summed E-state index contributed by atoms with van der Waals surface area (Å²) in [7, 11) is 0. The Morgan fingerprint density at radius 3 is 1.06 bits per heavy atom. The molecule has 89 heavy (non-hydrogen) atoms. The predicted molar refractivity (Wildman–Crippen MR) is 375 cm³/mol. The van der Waals surface area contributed by atoms with Crippen LogP contribution >= 0.6 is 0 Å². The summed E-state index contributed by atoms with van der Waals surface area (Å²) >= 11 is 0. The first-order valence-electron chi connectivity index (χ1n) is 31.1. The summed E-state index contributed by atoms with van der Waals surface area (Å²) in [5.74, 6) is 0. The molecule has 1 aromatic heterocycles. The minimum Gasteiger partial charge on any atom is -0.311 e. The molecule has 1 heterocycles. The number of hydrogen-bond donors (Lipinski definition) is 0. The molecule has 0 unspecified atom stereocenters. The molecule has 0 aliphatic heterocycles. The van der Waals surface area contributed by atoms with E-state index in [4.69, 9.17) is 0 Å². The van der Waals surface area contributed by atoms with Crippen molar-refractivity contribution in [3.63, 3.8) is 0 Å². The third-order valence-electron chi connectivity index (χ3n) is 19.0. The lowest BCUT2D eigenvalue weighted by molar-refractivity contribution is 0.660. The fourth-order valence-electron chi connectivity index (χ4n) is 14.4. The maximum atomic E-state index is 2.52. The Bertz CT molecular complexity index is 4900. The molecule has 424 valence electrons. The normalized spacial score (nSPS) is 13.1. The van der Waals surface area contributed by atoms with Gasteiger partial charge in [-0.1, -0.05) is 240 Å². The number of benzene rings is 13. The summed E-state index contributed by atoms with van der Waals surface area (Å²) in [6, 6.07) is 118. The Balaban J connectivity index is 0.768. The van der Waals surface area contributed by atoms with Crippen LogP contribution in [0.3, 0.4) is 0 Å². The van der Waals surface area contributed by atoms with Gasteiger partial charge in [0.05, 0.1) is 11.2 Å². The van der Waals surface area contributed by atoms with Crippen molar-refractivity contribution in [3.05, 3.63) is 344 Å². The van der Waals surface area contributed by atoms with Gasteiger partial charge >= 0.3 is 0 Å². The van der Waals surface area contributed by atoms with Crippen molar-refractivity contribution in [2.45, 2.75) is 38.5 Å². The Morgan fingerprint density at radius 2 is 0.573 bits per heavy atom. The highest BCUT2D eigenvalue weighted by Crippen LogP contribution is 2.56. The van der Waals surface area contributed by atoms with Crippen LogP contribution in [0.5, 0.6) is 0 Å². The van der Waals surface area contributed by atoms with Crippen molar-refractivity contribution in [2.24, 2.45) is 0 Å². The van der Waals surface area contributed by atoms with Gasteiger partial charge in [-0.2, -0.15) is 0 Å². The molecule has 2 aliphatic rings. The molecule has 0 amide bonds. The average molecular weight is 1140 g/mol. The van der Waals surface area contributed by atoms with Crippen molar-refractivity contribution in [3.8, 4) is 83.7 Å². The largest absolute Gasteiger partial charge is 0.311 e. The van der Waals surface area contributed by atoms with Gasteiger partial charge in [-0.3, -0.25) is 0 Å². The molecule has 0 radical (unpaired) electrons. The van der Waals surface area contributed by atoms with Crippen LogP contribution in [0, 0.1) is 0 Å². The first-order chi connectivity index (χ1) is 43.7. The molecule has 13 aromatic carbocycles. The van der Waals surface area contributed by atoms with E-state index in [0.717, 1.165) is 39.8 Å². The molecule has 16 rings (SSSR count). The smallest absolute Gasteiger partial charge is 0.0619 e. The van der Waals surface area contributed by atoms with E-state index in [1.807, 2.05) is 0 Å². The molecule has 0 bridgehead atoms. The van der Waals surface area contributed by atoms with Gasteiger partial charge in [-0.15, -0.1) is 0 Å². The number of rotatable bonds is 12. The third-order valence-corrected chi connectivity index (χ3v) is 19.0. The first kappa shape index (κ1) is 53.5. The third kappa shape index (κ3) is 9.11. The second-order valence-electron chi connectivity index (χ2n) is 24.9. The molecule has 0 saturated carbocycles. The highest BCUT2D eigenvalue weighted by molar-refractivity contribution is 6.09. The lowest BCUT2D eigenvalue weighted by Gasteiger charge is -2.29. The zero-order valence-corrected chi connectivity index (χ0v) is 50.4. The van der Waals surface area contributed by atoms with E-state index in [0.29, 0.717) is 0 Å². The van der Waals surface area contributed by atoms with Crippen LogP contribution in [-0.4, -0.2) is 4.57 Å². The van der Waals surface area contributed by atoms with Crippen LogP contribution in [0.25, 0.3) is 94.6 Å². The van der Waals surface area contributed by atoms with E-state index in [2.05, 4.69) is 364 Å². The average Bonchev–Trinajstić information content (AvgIpc) is 1.59. The number of hydrogen-bond acceptors (Lipinski definition) is 2. The van der Waals surface area contributed by atoms with Crippen LogP contribution in [0.4, 0.5) is 34.1 Å². The van der Waals surface area contributed by atoms with Gasteiger partial charge in [0.1, 0.15) is 0 Å². The zero-order valence-electron chi connectivity index (χ0n) is 50.4. The topological polar surface area (TPSA) is 11.4 Å². The van der Waals surface area contributed by atoms with Crippen molar-refractivity contribution >= 4 is 45.0 Å².